The number of rotatable bonds is 6. The average molecular weight is 390 g/mol. The smallest absolute Gasteiger partial charge is 0.328 e. The maximum atomic E-state index is 13.0. The fourth-order valence-electron chi connectivity index (χ4n) is 3.05. The lowest BCUT2D eigenvalue weighted by Crippen LogP contribution is -2.43. The molecule has 1 atom stereocenters. The van der Waals surface area contributed by atoms with Gasteiger partial charge in [0, 0.05) is 36.3 Å². The third-order valence-electron chi connectivity index (χ3n) is 4.48. The van der Waals surface area contributed by atoms with Gasteiger partial charge in [0.15, 0.2) is 0 Å². The maximum Gasteiger partial charge on any atom is 0.328 e. The number of carbonyl (C=O) groups is 2. The van der Waals surface area contributed by atoms with Gasteiger partial charge in [0.2, 0.25) is 0 Å². The zero-order valence-electron chi connectivity index (χ0n) is 15.5. The first kappa shape index (κ1) is 18.4. The molecular formula is C20H18N6O3. The number of amides is 1. The van der Waals surface area contributed by atoms with Crippen LogP contribution < -0.4 is 5.32 Å². The van der Waals surface area contributed by atoms with Gasteiger partial charge in [-0.1, -0.05) is 6.07 Å². The number of imidazole rings is 2. The Balaban J connectivity index is 1.63. The van der Waals surface area contributed by atoms with Gasteiger partial charge >= 0.3 is 5.97 Å². The molecule has 0 spiro atoms. The quantitative estimate of drug-likeness (QED) is 0.432. The van der Waals surface area contributed by atoms with Crippen molar-refractivity contribution >= 4 is 22.9 Å². The molecule has 1 aromatic carbocycles. The number of benzene rings is 1. The molecule has 146 valence electrons. The van der Waals surface area contributed by atoms with Gasteiger partial charge in [-0.15, -0.1) is 0 Å². The minimum Gasteiger partial charge on any atom is -0.467 e. The topological polar surface area (TPSA) is 126 Å². The minimum atomic E-state index is -0.859. The van der Waals surface area contributed by atoms with Crippen molar-refractivity contribution in [3.63, 3.8) is 0 Å². The highest BCUT2D eigenvalue weighted by Gasteiger charge is 2.24. The molecule has 0 radical (unpaired) electrons. The van der Waals surface area contributed by atoms with E-state index in [1.165, 1.54) is 13.4 Å². The van der Waals surface area contributed by atoms with Crippen LogP contribution in [0, 0.1) is 0 Å². The zero-order chi connectivity index (χ0) is 20.2. The number of para-hydroxylation sites is 1. The number of aromatic nitrogens is 5. The van der Waals surface area contributed by atoms with Crippen LogP contribution in [-0.2, 0) is 16.0 Å². The van der Waals surface area contributed by atoms with Crippen molar-refractivity contribution in [1.82, 2.24) is 30.2 Å². The lowest BCUT2D eigenvalue weighted by Gasteiger charge is -2.16. The highest BCUT2D eigenvalue weighted by Crippen LogP contribution is 2.22. The molecule has 0 aliphatic carbocycles. The number of pyridine rings is 1. The van der Waals surface area contributed by atoms with Crippen molar-refractivity contribution in [3.8, 4) is 11.4 Å². The second-order valence-corrected chi connectivity index (χ2v) is 6.35. The van der Waals surface area contributed by atoms with Crippen molar-refractivity contribution in [3.05, 3.63) is 66.5 Å². The largest absolute Gasteiger partial charge is 0.467 e. The molecule has 0 fully saturated rings. The monoisotopic (exact) mass is 390 g/mol. The molecule has 0 unspecified atom stereocenters. The third kappa shape index (κ3) is 3.84. The molecule has 3 N–H and O–H groups in total. The van der Waals surface area contributed by atoms with Crippen LogP contribution in [0.1, 0.15) is 16.1 Å². The van der Waals surface area contributed by atoms with Crippen LogP contribution in [0.15, 0.2) is 55.2 Å². The first-order chi connectivity index (χ1) is 14.2. The number of ether oxygens (including phenoxy) is 1. The highest BCUT2D eigenvalue weighted by molar-refractivity contribution is 6.06. The predicted molar refractivity (Wildman–Crippen MR) is 105 cm³/mol. The van der Waals surface area contributed by atoms with Gasteiger partial charge in [0.25, 0.3) is 5.91 Å². The molecule has 0 bridgehead atoms. The summed E-state index contributed by atoms with van der Waals surface area (Å²) < 4.78 is 4.83. The number of methoxy groups -OCH3 is 1. The molecule has 3 aromatic heterocycles. The molecule has 9 nitrogen and oxygen atoms in total. The van der Waals surface area contributed by atoms with E-state index in [9.17, 15) is 9.59 Å². The molecule has 0 aliphatic heterocycles. The van der Waals surface area contributed by atoms with Gasteiger partial charge in [-0.25, -0.2) is 14.8 Å². The van der Waals surface area contributed by atoms with E-state index in [4.69, 9.17) is 4.74 Å². The van der Waals surface area contributed by atoms with Crippen molar-refractivity contribution in [2.24, 2.45) is 0 Å². The van der Waals surface area contributed by atoms with Crippen LogP contribution in [0.5, 0.6) is 0 Å². The Bertz CT molecular complexity index is 1140. The van der Waals surface area contributed by atoms with Gasteiger partial charge in [0.05, 0.1) is 24.5 Å². The van der Waals surface area contributed by atoms with E-state index in [-0.39, 0.29) is 6.42 Å². The number of carbonyl (C=O) groups excluding carboxylic acids is 2. The molecule has 4 aromatic rings. The number of aromatic amines is 2. The van der Waals surface area contributed by atoms with Crippen molar-refractivity contribution < 1.29 is 14.3 Å². The summed E-state index contributed by atoms with van der Waals surface area (Å²) in [6.45, 7) is 0. The SMILES string of the molecule is COC(=O)[C@H](Cc1cnc[nH]1)NC(=O)c1cccc2[nH]c(-c3ccncc3)nc12. The summed E-state index contributed by atoms with van der Waals surface area (Å²) in [4.78, 5) is 43.7. The number of nitrogens with one attached hydrogen (secondary N) is 3. The number of hydrogen-bond donors (Lipinski definition) is 3. The van der Waals surface area contributed by atoms with E-state index >= 15 is 0 Å². The molecule has 0 aliphatic rings. The lowest BCUT2D eigenvalue weighted by molar-refractivity contribution is -0.142. The second-order valence-electron chi connectivity index (χ2n) is 6.35. The average Bonchev–Trinajstić information content (AvgIpc) is 3.42. The summed E-state index contributed by atoms with van der Waals surface area (Å²) in [5.41, 5.74) is 3.15. The lowest BCUT2D eigenvalue weighted by atomic mass is 10.1. The molecule has 29 heavy (non-hydrogen) atoms. The first-order valence-corrected chi connectivity index (χ1v) is 8.91. The van der Waals surface area contributed by atoms with Crippen LogP contribution in [0.4, 0.5) is 0 Å². The Morgan fingerprint density at radius 3 is 2.72 bits per heavy atom. The van der Waals surface area contributed by atoms with Crippen LogP contribution >= 0.6 is 0 Å². The van der Waals surface area contributed by atoms with Crippen molar-refractivity contribution in [2.45, 2.75) is 12.5 Å². The fraction of sp³-hybridized carbons (Fsp3) is 0.150. The summed E-state index contributed by atoms with van der Waals surface area (Å²) in [6, 6.07) is 8.06. The Hall–Kier alpha value is -4.01. The van der Waals surface area contributed by atoms with Crippen LogP contribution in [0.2, 0.25) is 0 Å². The molecule has 1 amide bonds. The van der Waals surface area contributed by atoms with Crippen molar-refractivity contribution in [1.29, 1.82) is 0 Å². The fourth-order valence-corrected chi connectivity index (χ4v) is 3.05. The van der Waals surface area contributed by atoms with Crippen LogP contribution in [0.3, 0.4) is 0 Å². The Morgan fingerprint density at radius 1 is 1.17 bits per heavy atom. The Labute approximate surface area is 165 Å². The summed E-state index contributed by atoms with van der Waals surface area (Å²) >= 11 is 0. The van der Waals surface area contributed by atoms with E-state index in [0.29, 0.717) is 28.1 Å². The molecule has 0 saturated heterocycles. The Kier molecular flexibility index (Phi) is 5.02. The van der Waals surface area contributed by atoms with Crippen molar-refractivity contribution in [2.75, 3.05) is 7.11 Å². The Morgan fingerprint density at radius 2 is 2.00 bits per heavy atom. The molecular weight excluding hydrogens is 372 g/mol. The van der Waals surface area contributed by atoms with E-state index in [0.717, 1.165) is 5.56 Å². The molecule has 4 rings (SSSR count). The van der Waals surface area contributed by atoms with Gasteiger partial charge in [-0.05, 0) is 24.3 Å². The summed E-state index contributed by atoms with van der Waals surface area (Å²) in [5.74, 6) is -0.331. The normalized spacial score (nSPS) is 11.9. The van der Waals surface area contributed by atoms with E-state index in [1.54, 1.807) is 30.7 Å². The molecule has 9 heteroatoms. The number of hydrogen-bond acceptors (Lipinski definition) is 6. The standard InChI is InChI=1S/C20H18N6O3/c1-29-20(28)16(9-13-10-22-11-23-13)25-19(27)14-3-2-4-15-17(14)26-18(24-15)12-5-7-21-8-6-12/h2-8,10-11,16H,9H2,1H3,(H,22,23)(H,24,26)(H,25,27)/t16-/m0/s1. The zero-order valence-corrected chi connectivity index (χ0v) is 15.5. The second kappa shape index (κ2) is 7.93. The van der Waals surface area contributed by atoms with Gasteiger partial charge in [-0.2, -0.15) is 0 Å². The van der Waals surface area contributed by atoms with Gasteiger partial charge < -0.3 is 20.0 Å². The minimum absolute atomic E-state index is 0.233. The number of H-pyrrole nitrogens is 2. The maximum absolute atomic E-state index is 13.0. The van der Waals surface area contributed by atoms with E-state index < -0.39 is 17.9 Å². The molecule has 0 saturated carbocycles. The predicted octanol–water partition coefficient (Wildman–Crippen LogP) is 1.86. The summed E-state index contributed by atoms with van der Waals surface area (Å²) in [5, 5.41) is 2.74. The van der Waals surface area contributed by atoms with Gasteiger partial charge in [0.1, 0.15) is 17.4 Å². The number of nitrogens with zero attached hydrogens (tertiary/aromatic N) is 3. The summed E-state index contributed by atoms with van der Waals surface area (Å²) in [7, 11) is 1.28. The van der Waals surface area contributed by atoms with Crippen LogP contribution in [0.25, 0.3) is 22.4 Å². The third-order valence-corrected chi connectivity index (χ3v) is 4.48. The van der Waals surface area contributed by atoms with Crippen LogP contribution in [-0.4, -0.2) is 49.9 Å². The number of esters is 1. The van der Waals surface area contributed by atoms with Gasteiger partial charge in [-0.3, -0.25) is 9.78 Å². The number of fused-ring (bicyclic) bond motifs is 1. The summed E-state index contributed by atoms with van der Waals surface area (Å²) in [6.07, 6.45) is 6.68. The highest BCUT2D eigenvalue weighted by atomic mass is 16.5. The first-order valence-electron chi connectivity index (χ1n) is 8.91. The molecule has 3 heterocycles. The van der Waals surface area contributed by atoms with E-state index in [2.05, 4.69) is 30.2 Å². The van der Waals surface area contributed by atoms with E-state index in [1.807, 2.05) is 18.2 Å².